The quantitative estimate of drug-likeness (QED) is 0.667. The molecule has 2 fully saturated rings. The predicted octanol–water partition coefficient (Wildman–Crippen LogP) is 5.67. The summed E-state index contributed by atoms with van der Waals surface area (Å²) in [4.78, 5) is 15.0. The van der Waals surface area contributed by atoms with E-state index in [-0.39, 0.29) is 24.5 Å². The summed E-state index contributed by atoms with van der Waals surface area (Å²) in [6.07, 6.45) is 8.05. The normalized spacial score (nSPS) is 24.6. The molecule has 162 valence electrons. The number of likely N-dealkylation sites (tertiary alicyclic amines) is 1. The highest BCUT2D eigenvalue weighted by atomic mass is 35.5. The van der Waals surface area contributed by atoms with Gasteiger partial charge in [0.15, 0.2) is 0 Å². The van der Waals surface area contributed by atoms with Gasteiger partial charge >= 0.3 is 6.09 Å². The zero-order chi connectivity index (χ0) is 20.1. The summed E-state index contributed by atoms with van der Waals surface area (Å²) < 4.78 is 5.76. The van der Waals surface area contributed by atoms with Crippen LogP contribution in [0.1, 0.15) is 65.4 Å². The molecule has 1 heterocycles. The van der Waals surface area contributed by atoms with Gasteiger partial charge in [0, 0.05) is 25.2 Å². The highest BCUT2D eigenvalue weighted by Crippen LogP contribution is 2.40. The Morgan fingerprint density at radius 2 is 1.90 bits per heavy atom. The maximum absolute atomic E-state index is 12.9. The summed E-state index contributed by atoms with van der Waals surface area (Å²) in [6, 6.07) is 11.0. The van der Waals surface area contributed by atoms with E-state index in [0.29, 0.717) is 12.0 Å². The molecule has 5 heteroatoms. The number of carbonyl (C=O) groups excluding carboxylic acids is 1. The zero-order valence-electron chi connectivity index (χ0n) is 18.3. The Labute approximate surface area is 182 Å². The second-order valence-electron chi connectivity index (χ2n) is 9.42. The molecule has 1 N–H and O–H groups in total. The summed E-state index contributed by atoms with van der Waals surface area (Å²) >= 11 is 0. The van der Waals surface area contributed by atoms with Gasteiger partial charge in [0.25, 0.3) is 0 Å². The molecule has 2 aliphatic rings. The van der Waals surface area contributed by atoms with Crippen molar-refractivity contribution in [1.29, 1.82) is 0 Å². The molecule has 3 atom stereocenters. The van der Waals surface area contributed by atoms with Crippen molar-refractivity contribution in [3.8, 4) is 0 Å². The number of hydrogen-bond acceptors (Lipinski definition) is 3. The van der Waals surface area contributed by atoms with E-state index in [2.05, 4.69) is 47.5 Å². The second-order valence-corrected chi connectivity index (χ2v) is 9.42. The molecule has 0 radical (unpaired) electrons. The Morgan fingerprint density at radius 3 is 2.59 bits per heavy atom. The molecule has 3 rings (SSSR count). The fourth-order valence-electron chi connectivity index (χ4n) is 4.66. The van der Waals surface area contributed by atoms with E-state index >= 15 is 0 Å². The molecule has 0 aromatic heterocycles. The van der Waals surface area contributed by atoms with Crippen LogP contribution in [0, 0.1) is 5.92 Å². The lowest BCUT2D eigenvalue weighted by Gasteiger charge is -2.35. The number of carbonyl (C=O) groups is 1. The molecule has 0 bridgehead atoms. The first-order valence-electron chi connectivity index (χ1n) is 10.8. The number of nitrogens with zero attached hydrogens (tertiary/aromatic N) is 1. The minimum Gasteiger partial charge on any atom is -0.444 e. The van der Waals surface area contributed by atoms with Crippen molar-refractivity contribution in [2.45, 2.75) is 77.5 Å². The fourth-order valence-corrected chi connectivity index (χ4v) is 4.66. The van der Waals surface area contributed by atoms with Gasteiger partial charge in [-0.05, 0) is 58.4 Å². The number of ether oxygens (including phenoxy) is 1. The van der Waals surface area contributed by atoms with Crippen LogP contribution in [-0.4, -0.2) is 41.8 Å². The lowest BCUT2D eigenvalue weighted by molar-refractivity contribution is 0.0105. The SMILES string of the molecule is C/C(=C\c1ccccc1)CNC[C@@H]1C[C@@H]2CCCC[C@@H]2N1C(=O)OC(C)(C)C.Cl. The Morgan fingerprint density at radius 1 is 1.21 bits per heavy atom. The van der Waals surface area contributed by atoms with E-state index in [1.807, 2.05) is 26.8 Å². The van der Waals surface area contributed by atoms with Gasteiger partial charge in [-0.25, -0.2) is 4.79 Å². The molecule has 1 amide bonds. The van der Waals surface area contributed by atoms with Gasteiger partial charge in [-0.1, -0.05) is 54.8 Å². The van der Waals surface area contributed by atoms with Crippen molar-refractivity contribution in [3.63, 3.8) is 0 Å². The van der Waals surface area contributed by atoms with Gasteiger partial charge in [0.2, 0.25) is 0 Å². The molecule has 1 aliphatic heterocycles. The number of hydrogen-bond donors (Lipinski definition) is 1. The van der Waals surface area contributed by atoms with Crippen LogP contribution in [0.15, 0.2) is 35.9 Å². The minimum atomic E-state index is -0.448. The first kappa shape index (κ1) is 23.8. The third kappa shape index (κ3) is 6.75. The molecule has 0 spiro atoms. The number of amides is 1. The van der Waals surface area contributed by atoms with E-state index in [1.54, 1.807) is 0 Å². The average Bonchev–Trinajstić information content (AvgIpc) is 2.99. The summed E-state index contributed by atoms with van der Waals surface area (Å²) in [5, 5.41) is 3.59. The lowest BCUT2D eigenvalue weighted by atomic mass is 9.85. The number of halogens is 1. The third-order valence-corrected chi connectivity index (χ3v) is 5.80. The van der Waals surface area contributed by atoms with E-state index < -0.39 is 5.60 Å². The standard InChI is InChI=1S/C24H36N2O2.ClH/c1-18(14-19-10-6-5-7-11-19)16-25-17-21-15-20-12-8-9-13-22(20)26(21)23(27)28-24(2,3)4;/h5-7,10-11,14,20-22,25H,8-9,12-13,15-17H2,1-4H3;1H/b18-14+;/t20-,21-,22-;/m0./s1. The van der Waals surface area contributed by atoms with Crippen molar-refractivity contribution >= 4 is 24.6 Å². The van der Waals surface area contributed by atoms with Gasteiger partial charge < -0.3 is 15.0 Å². The summed E-state index contributed by atoms with van der Waals surface area (Å²) in [5.74, 6) is 0.633. The van der Waals surface area contributed by atoms with Crippen molar-refractivity contribution in [3.05, 3.63) is 41.5 Å². The molecule has 0 unspecified atom stereocenters. The molecule has 1 aromatic carbocycles. The van der Waals surface area contributed by atoms with Crippen LogP contribution in [0.3, 0.4) is 0 Å². The molecule has 1 aliphatic carbocycles. The first-order chi connectivity index (χ1) is 13.3. The molecular weight excluding hydrogens is 384 g/mol. The smallest absolute Gasteiger partial charge is 0.410 e. The third-order valence-electron chi connectivity index (χ3n) is 5.80. The van der Waals surface area contributed by atoms with Crippen LogP contribution in [-0.2, 0) is 4.74 Å². The van der Waals surface area contributed by atoms with Crippen molar-refractivity contribution in [2.24, 2.45) is 5.92 Å². The summed E-state index contributed by atoms with van der Waals surface area (Å²) in [6.45, 7) is 9.66. The number of nitrogens with one attached hydrogen (secondary N) is 1. The van der Waals surface area contributed by atoms with Crippen LogP contribution in [0.4, 0.5) is 4.79 Å². The van der Waals surface area contributed by atoms with E-state index in [9.17, 15) is 4.79 Å². The number of benzene rings is 1. The maximum Gasteiger partial charge on any atom is 0.410 e. The van der Waals surface area contributed by atoms with Crippen molar-refractivity contribution < 1.29 is 9.53 Å². The lowest BCUT2D eigenvalue weighted by Crippen LogP contribution is -2.48. The Bertz CT molecular complexity index is 684. The topological polar surface area (TPSA) is 41.6 Å². The average molecular weight is 421 g/mol. The number of rotatable bonds is 5. The minimum absolute atomic E-state index is 0. The zero-order valence-corrected chi connectivity index (χ0v) is 19.1. The van der Waals surface area contributed by atoms with Crippen molar-refractivity contribution in [2.75, 3.05) is 13.1 Å². The Kier molecular flexibility index (Phi) is 8.59. The van der Waals surface area contributed by atoms with Gasteiger partial charge in [-0.15, -0.1) is 12.4 Å². The molecule has 4 nitrogen and oxygen atoms in total. The van der Waals surface area contributed by atoms with Crippen LogP contribution in [0.2, 0.25) is 0 Å². The van der Waals surface area contributed by atoms with Gasteiger partial charge in [-0.2, -0.15) is 0 Å². The second kappa shape index (κ2) is 10.5. The maximum atomic E-state index is 12.9. The monoisotopic (exact) mass is 420 g/mol. The van der Waals surface area contributed by atoms with Crippen LogP contribution in [0.25, 0.3) is 6.08 Å². The molecule has 29 heavy (non-hydrogen) atoms. The van der Waals surface area contributed by atoms with E-state index in [4.69, 9.17) is 4.74 Å². The predicted molar refractivity (Wildman–Crippen MR) is 122 cm³/mol. The number of fused-ring (bicyclic) bond motifs is 1. The summed E-state index contributed by atoms with van der Waals surface area (Å²) in [5.41, 5.74) is 2.08. The molecule has 1 saturated heterocycles. The van der Waals surface area contributed by atoms with Gasteiger partial charge in [0.05, 0.1) is 0 Å². The first-order valence-corrected chi connectivity index (χ1v) is 10.8. The van der Waals surface area contributed by atoms with Crippen LogP contribution in [0.5, 0.6) is 0 Å². The molecular formula is C24H37ClN2O2. The van der Waals surface area contributed by atoms with E-state index in [1.165, 1.54) is 30.4 Å². The van der Waals surface area contributed by atoms with Gasteiger partial charge in [0.1, 0.15) is 5.60 Å². The van der Waals surface area contributed by atoms with Crippen LogP contribution < -0.4 is 5.32 Å². The highest BCUT2D eigenvalue weighted by molar-refractivity contribution is 5.85. The largest absolute Gasteiger partial charge is 0.444 e. The fraction of sp³-hybridized carbons (Fsp3) is 0.625. The molecule has 1 saturated carbocycles. The molecule has 1 aromatic rings. The van der Waals surface area contributed by atoms with Gasteiger partial charge in [-0.3, -0.25) is 0 Å². The Hall–Kier alpha value is -1.52. The van der Waals surface area contributed by atoms with E-state index in [0.717, 1.165) is 25.9 Å². The van der Waals surface area contributed by atoms with Crippen molar-refractivity contribution in [1.82, 2.24) is 10.2 Å². The Balaban J connectivity index is 0.00000300. The van der Waals surface area contributed by atoms with Crippen LogP contribution >= 0.6 is 12.4 Å². The highest BCUT2D eigenvalue weighted by Gasteiger charge is 2.45. The summed E-state index contributed by atoms with van der Waals surface area (Å²) in [7, 11) is 0.